The fraction of sp³-hybridized carbons (Fsp3) is 0.292. The first-order valence-corrected chi connectivity index (χ1v) is 11.5. The Hall–Kier alpha value is -2.71. The van der Waals surface area contributed by atoms with Crippen molar-refractivity contribution in [2.75, 3.05) is 6.26 Å². The number of aromatic nitrogens is 1. The Bertz CT molecular complexity index is 1120. The van der Waals surface area contributed by atoms with E-state index in [1.807, 2.05) is 39.0 Å². The van der Waals surface area contributed by atoms with Crippen molar-refractivity contribution in [1.29, 1.82) is 0 Å². The minimum Gasteiger partial charge on any atom is -0.507 e. The van der Waals surface area contributed by atoms with Gasteiger partial charge < -0.3 is 10.4 Å². The summed E-state index contributed by atoms with van der Waals surface area (Å²) < 4.78 is 50.4. The van der Waals surface area contributed by atoms with Crippen molar-refractivity contribution in [3.05, 3.63) is 66.0 Å². The smallest absolute Gasteiger partial charge is 0.433 e. The molecule has 0 amide bonds. The first kappa shape index (κ1) is 23.9. The van der Waals surface area contributed by atoms with Gasteiger partial charge in [-0.25, -0.2) is 0 Å². The van der Waals surface area contributed by atoms with Gasteiger partial charge >= 0.3 is 6.18 Å². The van der Waals surface area contributed by atoms with Crippen LogP contribution in [0.1, 0.15) is 32.0 Å². The van der Waals surface area contributed by atoms with Crippen LogP contribution in [0, 0.1) is 0 Å². The van der Waals surface area contributed by atoms with Crippen LogP contribution in [-0.4, -0.2) is 26.1 Å². The van der Waals surface area contributed by atoms with Crippen LogP contribution >= 0.6 is 0 Å². The van der Waals surface area contributed by atoms with Crippen molar-refractivity contribution in [2.24, 2.45) is 0 Å². The normalized spacial score (nSPS) is 13.2. The Morgan fingerprint density at radius 3 is 2.09 bits per heavy atom. The maximum atomic E-state index is 12.9. The maximum Gasteiger partial charge on any atom is 0.433 e. The number of nitrogens with zero attached hydrogens (tertiary/aromatic N) is 1. The quantitative estimate of drug-likeness (QED) is 0.506. The molecule has 1 atom stereocenters. The summed E-state index contributed by atoms with van der Waals surface area (Å²) >= 11 is 0. The summed E-state index contributed by atoms with van der Waals surface area (Å²) in [6.07, 6.45) is -1.82. The average Bonchev–Trinajstić information content (AvgIpc) is 2.72. The van der Waals surface area contributed by atoms with E-state index < -0.39 is 22.7 Å². The van der Waals surface area contributed by atoms with Gasteiger partial charge in [-0.2, -0.15) is 13.2 Å². The van der Waals surface area contributed by atoms with Crippen molar-refractivity contribution in [3.8, 4) is 28.0 Å². The number of hydrogen-bond acceptors (Lipinski definition) is 4. The highest BCUT2D eigenvalue weighted by Gasteiger charge is 2.32. The van der Waals surface area contributed by atoms with Crippen LogP contribution in [0.3, 0.4) is 0 Å². The third kappa shape index (κ3) is 5.75. The SMILES string of the molecule is CS(=O)c1ccc(-c2cc(CNC(C)(C)C)c(O)c(-c3ccc(C(F)(F)F)nc3)c2)cc1. The summed E-state index contributed by atoms with van der Waals surface area (Å²) in [5.41, 5.74) is 1.78. The number of phenolic OH excluding ortho intramolecular Hbond substituents is 1. The number of halogens is 3. The van der Waals surface area contributed by atoms with Gasteiger partial charge in [-0.05, 0) is 62.2 Å². The first-order chi connectivity index (χ1) is 14.8. The van der Waals surface area contributed by atoms with Gasteiger partial charge in [0.2, 0.25) is 0 Å². The number of pyridine rings is 1. The second-order valence-corrected chi connectivity index (χ2v) is 9.92. The third-order valence-corrected chi connectivity index (χ3v) is 5.82. The second-order valence-electron chi connectivity index (χ2n) is 8.54. The van der Waals surface area contributed by atoms with Gasteiger partial charge in [0.15, 0.2) is 0 Å². The molecular weight excluding hydrogens is 437 g/mol. The zero-order valence-electron chi connectivity index (χ0n) is 18.2. The van der Waals surface area contributed by atoms with Gasteiger partial charge in [0.05, 0.1) is 0 Å². The predicted molar refractivity (Wildman–Crippen MR) is 121 cm³/mol. The molecule has 1 heterocycles. The summed E-state index contributed by atoms with van der Waals surface area (Å²) in [5, 5.41) is 14.3. The number of alkyl halides is 3. The number of aromatic hydroxyl groups is 1. The fourth-order valence-electron chi connectivity index (χ4n) is 3.14. The highest BCUT2D eigenvalue weighted by atomic mass is 32.2. The zero-order chi connectivity index (χ0) is 23.7. The molecule has 0 aliphatic carbocycles. The zero-order valence-corrected chi connectivity index (χ0v) is 19.1. The van der Waals surface area contributed by atoms with E-state index in [9.17, 15) is 22.5 Å². The van der Waals surface area contributed by atoms with E-state index in [1.165, 1.54) is 6.07 Å². The lowest BCUT2D eigenvalue weighted by molar-refractivity contribution is -0.141. The summed E-state index contributed by atoms with van der Waals surface area (Å²) in [4.78, 5) is 4.22. The fourth-order valence-corrected chi connectivity index (χ4v) is 3.66. The number of rotatable bonds is 5. The minimum absolute atomic E-state index is 0.0154. The molecule has 170 valence electrons. The van der Waals surface area contributed by atoms with E-state index in [2.05, 4.69) is 10.3 Å². The monoisotopic (exact) mass is 462 g/mol. The lowest BCUT2D eigenvalue weighted by atomic mass is 9.95. The van der Waals surface area contributed by atoms with Crippen LogP contribution < -0.4 is 5.32 Å². The van der Waals surface area contributed by atoms with E-state index in [4.69, 9.17) is 0 Å². The van der Waals surface area contributed by atoms with Crippen molar-refractivity contribution in [1.82, 2.24) is 10.3 Å². The molecule has 0 saturated carbocycles. The molecule has 32 heavy (non-hydrogen) atoms. The Morgan fingerprint density at radius 1 is 0.969 bits per heavy atom. The van der Waals surface area contributed by atoms with Gasteiger partial charge in [-0.3, -0.25) is 9.19 Å². The summed E-state index contributed by atoms with van der Waals surface area (Å²) in [5.74, 6) is -0.0154. The Morgan fingerprint density at radius 2 is 1.59 bits per heavy atom. The van der Waals surface area contributed by atoms with E-state index in [0.29, 0.717) is 28.1 Å². The number of phenols is 1. The van der Waals surface area contributed by atoms with Crippen LogP contribution in [-0.2, 0) is 23.5 Å². The largest absolute Gasteiger partial charge is 0.507 e. The molecule has 2 aromatic carbocycles. The molecule has 0 fully saturated rings. The molecule has 0 spiro atoms. The third-order valence-electron chi connectivity index (χ3n) is 4.88. The summed E-state index contributed by atoms with van der Waals surface area (Å²) in [6, 6.07) is 13.0. The van der Waals surface area contributed by atoms with E-state index in [-0.39, 0.29) is 11.3 Å². The van der Waals surface area contributed by atoms with Crippen LogP contribution in [0.25, 0.3) is 22.3 Å². The molecule has 3 aromatic rings. The van der Waals surface area contributed by atoms with Crippen molar-refractivity contribution < 1.29 is 22.5 Å². The Balaban J connectivity index is 2.10. The molecular formula is C24H25F3N2O2S. The van der Waals surface area contributed by atoms with Crippen molar-refractivity contribution in [2.45, 2.75) is 43.9 Å². The molecule has 0 aliphatic rings. The number of benzene rings is 2. The van der Waals surface area contributed by atoms with Crippen LogP contribution in [0.5, 0.6) is 5.75 Å². The minimum atomic E-state index is -4.54. The van der Waals surface area contributed by atoms with Gasteiger partial charge in [0, 0.05) is 56.9 Å². The molecule has 0 aliphatic heterocycles. The lowest BCUT2D eigenvalue weighted by Gasteiger charge is -2.22. The summed E-state index contributed by atoms with van der Waals surface area (Å²) in [6.45, 7) is 6.36. The molecule has 4 nitrogen and oxygen atoms in total. The van der Waals surface area contributed by atoms with Gasteiger partial charge in [-0.15, -0.1) is 0 Å². The molecule has 1 unspecified atom stereocenters. The van der Waals surface area contributed by atoms with Crippen LogP contribution in [0.4, 0.5) is 13.2 Å². The highest BCUT2D eigenvalue weighted by molar-refractivity contribution is 7.84. The van der Waals surface area contributed by atoms with Crippen molar-refractivity contribution in [3.63, 3.8) is 0 Å². The summed E-state index contributed by atoms with van der Waals surface area (Å²) in [7, 11) is -1.11. The van der Waals surface area contributed by atoms with E-state index >= 15 is 0 Å². The topological polar surface area (TPSA) is 62.2 Å². The lowest BCUT2D eigenvalue weighted by Crippen LogP contribution is -2.35. The van der Waals surface area contributed by atoms with Gasteiger partial charge in [-0.1, -0.05) is 18.2 Å². The molecule has 1 aromatic heterocycles. The van der Waals surface area contributed by atoms with Gasteiger partial charge in [0.1, 0.15) is 11.4 Å². The van der Waals surface area contributed by atoms with E-state index in [0.717, 1.165) is 23.4 Å². The number of hydrogen-bond donors (Lipinski definition) is 2. The molecule has 0 saturated heterocycles. The molecule has 3 rings (SSSR count). The molecule has 0 radical (unpaired) electrons. The predicted octanol–water partition coefficient (Wildman–Crippen LogP) is 5.77. The highest BCUT2D eigenvalue weighted by Crippen LogP contribution is 2.38. The molecule has 8 heteroatoms. The van der Waals surface area contributed by atoms with E-state index in [1.54, 1.807) is 24.5 Å². The molecule has 2 N–H and O–H groups in total. The maximum absolute atomic E-state index is 12.9. The molecule has 0 bridgehead atoms. The second kappa shape index (κ2) is 9.03. The van der Waals surface area contributed by atoms with Crippen molar-refractivity contribution >= 4 is 10.8 Å². The van der Waals surface area contributed by atoms with Crippen LogP contribution in [0.15, 0.2) is 59.6 Å². The van der Waals surface area contributed by atoms with Gasteiger partial charge in [0.25, 0.3) is 0 Å². The Kier molecular flexibility index (Phi) is 6.76. The first-order valence-electron chi connectivity index (χ1n) is 9.93. The Labute approximate surface area is 188 Å². The average molecular weight is 463 g/mol. The number of nitrogens with one attached hydrogen (secondary N) is 1. The standard InChI is InChI=1S/C24H25F3N2O2S/c1-23(2,3)29-14-18-11-17(15-5-8-19(9-6-15)32(4)31)12-20(22(18)30)16-7-10-21(28-13-16)24(25,26)27/h5-13,29-30H,14H2,1-4H3. The van der Waals surface area contributed by atoms with Crippen LogP contribution in [0.2, 0.25) is 0 Å².